The Morgan fingerprint density at radius 2 is 1.62 bits per heavy atom. The molecule has 0 atom stereocenters. The van der Waals surface area contributed by atoms with E-state index in [9.17, 15) is 9.59 Å². The zero-order chi connectivity index (χ0) is 35.0. The van der Waals surface area contributed by atoms with Gasteiger partial charge in [-0.05, 0) is 114 Å². The number of amides is 2. The van der Waals surface area contributed by atoms with E-state index in [0.29, 0.717) is 25.2 Å². The van der Waals surface area contributed by atoms with Crippen molar-refractivity contribution in [2.24, 2.45) is 0 Å². The highest BCUT2D eigenvalue weighted by Gasteiger charge is 2.24. The van der Waals surface area contributed by atoms with Crippen LogP contribution in [0.25, 0.3) is 22.2 Å². The van der Waals surface area contributed by atoms with Crippen LogP contribution in [0.5, 0.6) is 5.75 Å². The van der Waals surface area contributed by atoms with Crippen LogP contribution in [0.3, 0.4) is 0 Å². The van der Waals surface area contributed by atoms with E-state index in [0.717, 1.165) is 64.3 Å². The molecule has 0 aliphatic carbocycles. The topological polar surface area (TPSA) is 90.6 Å². The molecular weight excluding hydrogens is 622 g/mol. The van der Waals surface area contributed by atoms with E-state index in [2.05, 4.69) is 72.1 Å². The zero-order valence-electron chi connectivity index (χ0n) is 29.7. The molecule has 5 aromatic rings. The van der Waals surface area contributed by atoms with E-state index in [1.807, 2.05) is 54.6 Å². The van der Waals surface area contributed by atoms with Crippen LogP contribution in [0.15, 0.2) is 95.9 Å². The third-order valence-electron chi connectivity index (χ3n) is 9.57. The third kappa shape index (κ3) is 8.43. The van der Waals surface area contributed by atoms with Crippen molar-refractivity contribution in [1.82, 2.24) is 14.9 Å². The fourth-order valence-corrected chi connectivity index (χ4v) is 6.77. The molecule has 1 saturated heterocycles. The van der Waals surface area contributed by atoms with Crippen molar-refractivity contribution in [1.29, 1.82) is 0 Å². The summed E-state index contributed by atoms with van der Waals surface area (Å²) in [5.41, 5.74) is 6.51. The Morgan fingerprint density at radius 1 is 0.880 bits per heavy atom. The Bertz CT molecular complexity index is 1940. The van der Waals surface area contributed by atoms with Crippen molar-refractivity contribution >= 4 is 28.4 Å². The first-order valence-electron chi connectivity index (χ1n) is 18.0. The van der Waals surface area contributed by atoms with Crippen LogP contribution in [0.1, 0.15) is 75.5 Å². The summed E-state index contributed by atoms with van der Waals surface area (Å²) >= 11 is 0. The Morgan fingerprint density at radius 3 is 2.34 bits per heavy atom. The maximum absolute atomic E-state index is 14.4. The smallest absolute Gasteiger partial charge is 0.326 e. The van der Waals surface area contributed by atoms with Gasteiger partial charge in [0.15, 0.2) is 0 Å². The number of aromatic amines is 1. The lowest BCUT2D eigenvalue weighted by Gasteiger charge is -2.27. The minimum absolute atomic E-state index is 0.125. The predicted molar refractivity (Wildman–Crippen MR) is 205 cm³/mol. The Balaban J connectivity index is 1.31. The van der Waals surface area contributed by atoms with E-state index in [1.54, 1.807) is 17.2 Å². The van der Waals surface area contributed by atoms with Crippen molar-refractivity contribution in [3.63, 3.8) is 0 Å². The van der Waals surface area contributed by atoms with E-state index in [4.69, 9.17) is 4.74 Å². The van der Waals surface area contributed by atoms with Gasteiger partial charge in [-0.15, -0.1) is 0 Å². The summed E-state index contributed by atoms with van der Waals surface area (Å²) in [5, 5.41) is 4.05. The quantitative estimate of drug-likeness (QED) is 0.138. The van der Waals surface area contributed by atoms with Crippen molar-refractivity contribution in [2.75, 3.05) is 43.0 Å². The molecule has 50 heavy (non-hydrogen) atoms. The molecule has 0 unspecified atom stereocenters. The van der Waals surface area contributed by atoms with E-state index >= 15 is 0 Å². The second-order valence-electron chi connectivity index (χ2n) is 13.9. The first-order chi connectivity index (χ1) is 24.3. The van der Waals surface area contributed by atoms with Gasteiger partial charge in [-0.2, -0.15) is 0 Å². The molecule has 2 amide bonds. The monoisotopic (exact) mass is 671 g/mol. The normalized spacial score (nSPS) is 13.6. The molecule has 1 fully saturated rings. The fraction of sp³-hybridized carbons (Fsp3) is 0.357. The minimum atomic E-state index is -0.360. The number of likely N-dealkylation sites (tertiary alicyclic amines) is 1. The van der Waals surface area contributed by atoms with Crippen molar-refractivity contribution in [3.8, 4) is 16.9 Å². The molecule has 8 nitrogen and oxygen atoms in total. The first-order valence-corrected chi connectivity index (χ1v) is 18.0. The number of pyridine rings is 2. The van der Waals surface area contributed by atoms with Gasteiger partial charge >= 0.3 is 6.03 Å². The molecule has 2 aromatic heterocycles. The van der Waals surface area contributed by atoms with Crippen molar-refractivity contribution in [3.05, 3.63) is 118 Å². The number of aromatic nitrogens is 2. The van der Waals surface area contributed by atoms with Gasteiger partial charge in [-0.25, -0.2) is 9.78 Å². The molecule has 2 N–H and O–H groups in total. The van der Waals surface area contributed by atoms with Gasteiger partial charge in [0, 0.05) is 30.4 Å². The molecule has 1 aliphatic rings. The van der Waals surface area contributed by atoms with Gasteiger partial charge in [0.25, 0.3) is 5.56 Å². The number of benzene rings is 3. The highest BCUT2D eigenvalue weighted by Crippen LogP contribution is 2.38. The predicted octanol–water partition coefficient (Wildman–Crippen LogP) is 8.98. The number of urea groups is 1. The van der Waals surface area contributed by atoms with Crippen LogP contribution < -0.4 is 20.5 Å². The SMILES string of the molecule is CC(C)c1cc(-c2cccc(OCCN3CCCCC3)c2)cc(C(C)C)c1NC(=O)N(CCc1ccccc1)c1cc2cccnc2[nH]c1=O. The summed E-state index contributed by atoms with van der Waals surface area (Å²) in [5.74, 6) is 1.11. The van der Waals surface area contributed by atoms with Gasteiger partial charge in [-0.1, -0.05) is 76.6 Å². The lowest BCUT2D eigenvalue weighted by atomic mass is 9.88. The summed E-state index contributed by atoms with van der Waals surface area (Å²) in [4.78, 5) is 39.1. The fourth-order valence-electron chi connectivity index (χ4n) is 6.77. The average Bonchev–Trinajstić information content (AvgIpc) is 3.12. The van der Waals surface area contributed by atoms with Crippen LogP contribution in [0.4, 0.5) is 16.2 Å². The number of carbonyl (C=O) groups excluding carboxylic acids is 1. The standard InChI is InChI=1S/C42H49N5O3/c1-29(2)36-26-34(32-15-11-17-35(25-32)50-24-23-46-20-9-6-10-21-46)27-37(30(3)4)39(36)44-42(49)47(22-18-31-13-7-5-8-14-31)38-28-33-16-12-19-43-40(33)45-41(38)48/h5,7-8,11-17,19,25-30H,6,9-10,18,20-24H2,1-4H3,(H,44,49)(H,43,45,48). The number of hydrogen-bond acceptors (Lipinski definition) is 5. The maximum atomic E-state index is 14.4. The second-order valence-corrected chi connectivity index (χ2v) is 13.9. The number of ether oxygens (including phenoxy) is 1. The van der Waals surface area contributed by atoms with E-state index in [-0.39, 0.29) is 29.1 Å². The number of anilines is 2. The molecule has 3 heterocycles. The molecule has 3 aromatic carbocycles. The zero-order valence-corrected chi connectivity index (χ0v) is 29.7. The summed E-state index contributed by atoms with van der Waals surface area (Å²) in [6.45, 7) is 12.8. The summed E-state index contributed by atoms with van der Waals surface area (Å²) in [6, 6.07) is 27.8. The van der Waals surface area contributed by atoms with Crippen LogP contribution in [-0.4, -0.2) is 53.7 Å². The summed E-state index contributed by atoms with van der Waals surface area (Å²) in [6.07, 6.45) is 6.10. The number of fused-ring (bicyclic) bond motifs is 1. The average molecular weight is 672 g/mol. The molecule has 8 heteroatoms. The molecular formula is C42H49N5O3. The molecule has 0 saturated carbocycles. The highest BCUT2D eigenvalue weighted by molar-refractivity contribution is 6.03. The molecule has 260 valence electrons. The minimum Gasteiger partial charge on any atom is -0.492 e. The van der Waals surface area contributed by atoms with E-state index in [1.165, 1.54) is 19.3 Å². The number of nitrogens with one attached hydrogen (secondary N) is 2. The van der Waals surface area contributed by atoms with Gasteiger partial charge in [-0.3, -0.25) is 14.6 Å². The Kier molecular flexibility index (Phi) is 11.3. The van der Waals surface area contributed by atoms with Gasteiger partial charge in [0.1, 0.15) is 23.7 Å². The summed E-state index contributed by atoms with van der Waals surface area (Å²) < 4.78 is 6.23. The third-order valence-corrected chi connectivity index (χ3v) is 9.57. The number of H-pyrrole nitrogens is 1. The largest absolute Gasteiger partial charge is 0.492 e. The molecule has 0 bridgehead atoms. The lowest BCUT2D eigenvalue weighted by Crippen LogP contribution is -2.40. The molecule has 0 spiro atoms. The number of rotatable bonds is 12. The number of piperidine rings is 1. The molecule has 0 radical (unpaired) electrons. The molecule has 6 rings (SSSR count). The number of carbonyl (C=O) groups is 1. The van der Waals surface area contributed by atoms with Gasteiger partial charge < -0.3 is 15.0 Å². The van der Waals surface area contributed by atoms with Gasteiger partial charge in [0.2, 0.25) is 0 Å². The Hall–Kier alpha value is -4.95. The van der Waals surface area contributed by atoms with E-state index < -0.39 is 0 Å². The first kappa shape index (κ1) is 34.9. The van der Waals surface area contributed by atoms with Crippen LogP contribution >= 0.6 is 0 Å². The van der Waals surface area contributed by atoms with Crippen LogP contribution in [-0.2, 0) is 6.42 Å². The van der Waals surface area contributed by atoms with Crippen LogP contribution in [0, 0.1) is 0 Å². The van der Waals surface area contributed by atoms with Gasteiger partial charge in [0.05, 0.1) is 0 Å². The second kappa shape index (κ2) is 16.2. The summed E-state index contributed by atoms with van der Waals surface area (Å²) in [7, 11) is 0. The maximum Gasteiger partial charge on any atom is 0.326 e. The Labute approximate surface area is 295 Å². The van der Waals surface area contributed by atoms with Crippen molar-refractivity contribution in [2.45, 2.75) is 65.2 Å². The number of hydrogen-bond donors (Lipinski definition) is 2. The lowest BCUT2D eigenvalue weighted by molar-refractivity contribution is 0.183. The van der Waals surface area contributed by atoms with Crippen molar-refractivity contribution < 1.29 is 9.53 Å². The highest BCUT2D eigenvalue weighted by atomic mass is 16.5. The molecule has 1 aliphatic heterocycles. The van der Waals surface area contributed by atoms with Crippen LogP contribution in [0.2, 0.25) is 0 Å². The number of nitrogens with zero attached hydrogens (tertiary/aromatic N) is 3.